The third-order valence-corrected chi connectivity index (χ3v) is 6.12. The second-order valence-electron chi connectivity index (χ2n) is 8.09. The number of fused-ring (bicyclic) bond motifs is 1. The maximum Gasteiger partial charge on any atom is 0.253 e. The number of tetrazole rings is 1. The molecule has 3 aromatic rings. The van der Waals surface area contributed by atoms with E-state index in [2.05, 4.69) is 25.4 Å². The number of nitrogens with zero attached hydrogens (tertiary/aromatic N) is 5. The van der Waals surface area contributed by atoms with E-state index < -0.39 is 0 Å². The normalized spacial score (nSPS) is 21.2. The van der Waals surface area contributed by atoms with Gasteiger partial charge in [0.15, 0.2) is 5.82 Å². The van der Waals surface area contributed by atoms with Crippen LogP contribution in [0.2, 0.25) is 0 Å². The Bertz CT molecular complexity index is 1060. The summed E-state index contributed by atoms with van der Waals surface area (Å²) in [5.41, 5.74) is 2.58. The number of likely N-dealkylation sites (tertiary alicyclic amines) is 1. The summed E-state index contributed by atoms with van der Waals surface area (Å²) in [6.45, 7) is 5.29. The molecule has 8 heteroatoms. The van der Waals surface area contributed by atoms with Gasteiger partial charge in [-0.15, -0.1) is 5.10 Å². The number of rotatable bonds is 5. The first-order chi connectivity index (χ1) is 14.2. The number of aromatic nitrogens is 5. The lowest BCUT2D eigenvalue weighted by atomic mass is 10.0. The number of hydrogen-bond acceptors (Lipinski definition) is 6. The Kier molecular flexibility index (Phi) is 4.89. The van der Waals surface area contributed by atoms with Crippen molar-refractivity contribution in [2.75, 3.05) is 19.7 Å². The van der Waals surface area contributed by atoms with Gasteiger partial charge in [-0.1, -0.05) is 18.2 Å². The number of pyridine rings is 1. The molecule has 1 aromatic carbocycles. The fourth-order valence-electron chi connectivity index (χ4n) is 4.62. The van der Waals surface area contributed by atoms with Gasteiger partial charge in [-0.25, -0.2) is 4.68 Å². The molecular weight excluding hydrogens is 368 g/mol. The minimum Gasteiger partial charge on any atom is -0.376 e. The van der Waals surface area contributed by atoms with Gasteiger partial charge in [0, 0.05) is 12.2 Å². The summed E-state index contributed by atoms with van der Waals surface area (Å²) in [5, 5.41) is 13.6. The summed E-state index contributed by atoms with van der Waals surface area (Å²) < 4.78 is 7.62. The van der Waals surface area contributed by atoms with E-state index in [0.29, 0.717) is 12.1 Å². The van der Waals surface area contributed by atoms with Crippen molar-refractivity contribution in [2.45, 2.75) is 51.3 Å². The maximum atomic E-state index is 13.1. The van der Waals surface area contributed by atoms with Crippen LogP contribution in [0.5, 0.6) is 0 Å². The SMILES string of the molecule is Cc1cccc2cc([C@H](c3nnnn3C[C@@H]3CCCO3)N3CCCC3)c(=O)[nH]c12. The molecule has 2 aliphatic rings. The van der Waals surface area contributed by atoms with Crippen LogP contribution in [0.4, 0.5) is 0 Å². The molecule has 0 spiro atoms. The lowest BCUT2D eigenvalue weighted by molar-refractivity contribution is 0.0912. The quantitative estimate of drug-likeness (QED) is 0.714. The van der Waals surface area contributed by atoms with Crippen LogP contribution in [-0.2, 0) is 11.3 Å². The molecule has 4 heterocycles. The second-order valence-corrected chi connectivity index (χ2v) is 8.09. The molecule has 2 aromatic heterocycles. The third-order valence-electron chi connectivity index (χ3n) is 6.12. The molecule has 152 valence electrons. The molecule has 0 amide bonds. The summed E-state index contributed by atoms with van der Waals surface area (Å²) in [7, 11) is 0. The summed E-state index contributed by atoms with van der Waals surface area (Å²) in [5.74, 6) is 0.722. The van der Waals surface area contributed by atoms with Crippen molar-refractivity contribution in [3.63, 3.8) is 0 Å². The Morgan fingerprint density at radius 3 is 2.93 bits per heavy atom. The van der Waals surface area contributed by atoms with Crippen LogP contribution in [0.3, 0.4) is 0 Å². The van der Waals surface area contributed by atoms with Crippen LogP contribution >= 0.6 is 0 Å². The van der Waals surface area contributed by atoms with Crippen molar-refractivity contribution in [2.24, 2.45) is 0 Å². The highest BCUT2D eigenvalue weighted by atomic mass is 16.5. The van der Waals surface area contributed by atoms with Crippen molar-refractivity contribution in [1.29, 1.82) is 0 Å². The van der Waals surface area contributed by atoms with Gasteiger partial charge < -0.3 is 9.72 Å². The lowest BCUT2D eigenvalue weighted by Gasteiger charge is -2.27. The van der Waals surface area contributed by atoms with Gasteiger partial charge in [0.1, 0.15) is 6.04 Å². The third kappa shape index (κ3) is 3.47. The maximum absolute atomic E-state index is 13.1. The molecule has 2 atom stereocenters. The van der Waals surface area contributed by atoms with Crippen molar-refractivity contribution >= 4 is 10.9 Å². The number of H-pyrrole nitrogens is 1. The standard InChI is InChI=1S/C21H26N6O2/c1-14-6-4-7-15-12-17(21(28)22-18(14)15)19(26-9-2-3-10-26)20-23-24-25-27(20)13-16-8-5-11-29-16/h4,6-7,12,16,19H,2-3,5,8-11,13H2,1H3,(H,22,28)/t16-,19+/m0/s1. The molecular formula is C21H26N6O2. The summed E-state index contributed by atoms with van der Waals surface area (Å²) in [6.07, 6.45) is 4.46. The van der Waals surface area contributed by atoms with Crippen LogP contribution < -0.4 is 5.56 Å². The Labute approximate surface area is 168 Å². The summed E-state index contributed by atoms with van der Waals surface area (Å²) >= 11 is 0. The lowest BCUT2D eigenvalue weighted by Crippen LogP contribution is -2.34. The average molecular weight is 394 g/mol. The predicted octanol–water partition coefficient (Wildman–Crippen LogP) is 2.19. The highest BCUT2D eigenvalue weighted by Crippen LogP contribution is 2.30. The average Bonchev–Trinajstić information content (AvgIpc) is 3.48. The largest absolute Gasteiger partial charge is 0.376 e. The Hall–Kier alpha value is -2.58. The number of aromatic amines is 1. The van der Waals surface area contributed by atoms with Crippen LogP contribution in [0.1, 0.15) is 48.7 Å². The number of nitrogens with one attached hydrogen (secondary N) is 1. The van der Waals surface area contributed by atoms with Gasteiger partial charge in [0.25, 0.3) is 5.56 Å². The van der Waals surface area contributed by atoms with Gasteiger partial charge in [-0.3, -0.25) is 9.69 Å². The van der Waals surface area contributed by atoms with Crippen LogP contribution in [-0.4, -0.2) is 55.9 Å². The molecule has 29 heavy (non-hydrogen) atoms. The van der Waals surface area contributed by atoms with Gasteiger partial charge in [-0.2, -0.15) is 0 Å². The zero-order valence-electron chi connectivity index (χ0n) is 16.7. The topological polar surface area (TPSA) is 88.9 Å². The molecule has 0 radical (unpaired) electrons. The van der Waals surface area contributed by atoms with Gasteiger partial charge in [0.05, 0.1) is 18.2 Å². The first-order valence-electron chi connectivity index (χ1n) is 10.4. The number of para-hydroxylation sites is 1. The smallest absolute Gasteiger partial charge is 0.253 e. The minimum absolute atomic E-state index is 0.0737. The predicted molar refractivity (Wildman–Crippen MR) is 109 cm³/mol. The highest BCUT2D eigenvalue weighted by molar-refractivity contribution is 5.82. The molecule has 2 aliphatic heterocycles. The minimum atomic E-state index is -0.262. The van der Waals surface area contributed by atoms with E-state index in [4.69, 9.17) is 4.74 Å². The number of benzene rings is 1. The first-order valence-corrected chi connectivity index (χ1v) is 10.4. The molecule has 0 bridgehead atoms. The number of hydrogen-bond donors (Lipinski definition) is 1. The number of ether oxygens (including phenoxy) is 1. The van der Waals surface area contributed by atoms with E-state index in [0.717, 1.165) is 67.7 Å². The van der Waals surface area contributed by atoms with Crippen molar-refractivity contribution in [3.8, 4) is 0 Å². The van der Waals surface area contributed by atoms with E-state index in [9.17, 15) is 4.79 Å². The summed E-state index contributed by atoms with van der Waals surface area (Å²) in [4.78, 5) is 18.6. The van der Waals surface area contributed by atoms with Crippen LogP contribution in [0.15, 0.2) is 29.1 Å². The summed E-state index contributed by atoms with van der Waals surface area (Å²) in [6, 6.07) is 7.82. The Morgan fingerprint density at radius 1 is 1.28 bits per heavy atom. The second kappa shape index (κ2) is 7.68. The molecule has 0 saturated carbocycles. The molecule has 0 unspecified atom stereocenters. The highest BCUT2D eigenvalue weighted by Gasteiger charge is 2.32. The monoisotopic (exact) mass is 394 g/mol. The fraction of sp³-hybridized carbons (Fsp3) is 0.524. The van der Waals surface area contributed by atoms with Gasteiger partial charge >= 0.3 is 0 Å². The van der Waals surface area contributed by atoms with Gasteiger partial charge in [0.2, 0.25) is 0 Å². The molecule has 0 aliphatic carbocycles. The van der Waals surface area contributed by atoms with Crippen molar-refractivity contribution < 1.29 is 4.74 Å². The van der Waals surface area contributed by atoms with E-state index >= 15 is 0 Å². The molecule has 2 fully saturated rings. The Balaban J connectivity index is 1.60. The van der Waals surface area contributed by atoms with E-state index in [-0.39, 0.29) is 17.7 Å². The molecule has 2 saturated heterocycles. The van der Waals surface area contributed by atoms with E-state index in [1.165, 1.54) is 0 Å². The number of aryl methyl sites for hydroxylation is 1. The van der Waals surface area contributed by atoms with Crippen molar-refractivity contribution in [3.05, 3.63) is 51.6 Å². The van der Waals surface area contributed by atoms with Crippen molar-refractivity contribution in [1.82, 2.24) is 30.1 Å². The molecule has 5 rings (SSSR count). The zero-order chi connectivity index (χ0) is 19.8. The molecule has 1 N–H and O–H groups in total. The van der Waals surface area contributed by atoms with Gasteiger partial charge in [-0.05, 0) is 73.1 Å². The van der Waals surface area contributed by atoms with E-state index in [1.54, 1.807) is 0 Å². The van der Waals surface area contributed by atoms with Crippen LogP contribution in [0.25, 0.3) is 10.9 Å². The molecule has 8 nitrogen and oxygen atoms in total. The van der Waals surface area contributed by atoms with Crippen LogP contribution in [0, 0.1) is 6.92 Å². The fourth-order valence-corrected chi connectivity index (χ4v) is 4.62. The first kappa shape index (κ1) is 18.4. The zero-order valence-corrected chi connectivity index (χ0v) is 16.7. The van der Waals surface area contributed by atoms with E-state index in [1.807, 2.05) is 35.9 Å². The Morgan fingerprint density at radius 2 is 2.14 bits per heavy atom.